The van der Waals surface area contributed by atoms with Crippen LogP contribution in [0.1, 0.15) is 29.3 Å². The monoisotopic (exact) mass is 516 g/mol. The van der Waals surface area contributed by atoms with Gasteiger partial charge in [0.1, 0.15) is 11.5 Å². The molecule has 9 heteroatoms. The number of carbonyl (C=O) groups excluding carboxylic acids is 1. The number of rotatable bonds is 9. The van der Waals surface area contributed by atoms with Crippen molar-refractivity contribution >= 4 is 38.1 Å². The fraction of sp³-hybridized carbons (Fsp3) is 0.130. The fourth-order valence-electron chi connectivity index (χ4n) is 2.60. The average molecular weight is 517 g/mol. The van der Waals surface area contributed by atoms with E-state index in [1.165, 1.54) is 18.3 Å². The second-order valence-electron chi connectivity index (χ2n) is 6.61. The van der Waals surface area contributed by atoms with E-state index in [-0.39, 0.29) is 10.6 Å². The lowest BCUT2D eigenvalue weighted by molar-refractivity contribution is 0.0734. The Bertz CT molecular complexity index is 1200. The van der Waals surface area contributed by atoms with Crippen molar-refractivity contribution in [2.75, 3.05) is 6.61 Å². The van der Waals surface area contributed by atoms with Gasteiger partial charge in [-0.05, 0) is 61.0 Å². The Morgan fingerprint density at radius 3 is 2.47 bits per heavy atom. The van der Waals surface area contributed by atoms with E-state index in [0.717, 1.165) is 6.42 Å². The second-order valence-corrected chi connectivity index (χ2v) is 9.19. The molecule has 0 heterocycles. The van der Waals surface area contributed by atoms with Gasteiger partial charge in [-0.15, -0.1) is 0 Å². The van der Waals surface area contributed by atoms with E-state index in [9.17, 15) is 13.2 Å². The maximum Gasteiger partial charge on any atom is 0.343 e. The van der Waals surface area contributed by atoms with Gasteiger partial charge in [0.05, 0.1) is 23.3 Å². The molecule has 1 N–H and O–H groups in total. The maximum absolute atomic E-state index is 12.6. The van der Waals surface area contributed by atoms with Crippen LogP contribution in [-0.4, -0.2) is 27.2 Å². The minimum Gasteiger partial charge on any atom is -0.494 e. The Balaban J connectivity index is 1.73. The van der Waals surface area contributed by atoms with E-state index in [4.69, 9.17) is 9.47 Å². The smallest absolute Gasteiger partial charge is 0.343 e. The minimum absolute atomic E-state index is 0.0874. The second kappa shape index (κ2) is 10.9. The molecule has 0 saturated heterocycles. The summed E-state index contributed by atoms with van der Waals surface area (Å²) in [7, 11) is -3.81. The van der Waals surface area contributed by atoms with Gasteiger partial charge in [-0.3, -0.25) is 0 Å². The van der Waals surface area contributed by atoms with Crippen molar-refractivity contribution < 1.29 is 22.7 Å². The van der Waals surface area contributed by atoms with Gasteiger partial charge in [0.15, 0.2) is 0 Å². The number of sulfonamides is 1. The number of hydrogen-bond donors (Lipinski definition) is 1. The molecular weight excluding hydrogens is 496 g/mol. The highest BCUT2D eigenvalue weighted by molar-refractivity contribution is 9.10. The molecule has 0 radical (unpaired) electrons. The molecule has 0 aliphatic rings. The number of hydrazone groups is 1. The van der Waals surface area contributed by atoms with Crippen molar-refractivity contribution in [3.63, 3.8) is 0 Å². The van der Waals surface area contributed by atoms with E-state index in [1.54, 1.807) is 60.7 Å². The van der Waals surface area contributed by atoms with Crippen LogP contribution in [0.2, 0.25) is 0 Å². The molecule has 0 saturated carbocycles. The first kappa shape index (κ1) is 23.5. The minimum atomic E-state index is -3.81. The van der Waals surface area contributed by atoms with Crippen molar-refractivity contribution in [3.8, 4) is 11.5 Å². The Hall–Kier alpha value is -3.17. The summed E-state index contributed by atoms with van der Waals surface area (Å²) >= 11 is 3.35. The topological polar surface area (TPSA) is 94.1 Å². The SMILES string of the molecule is CCCOc1ccc(C(=O)Oc2ccc(Br)cc2/C=N\NS(=O)(=O)c2ccccc2)cc1. The third-order valence-electron chi connectivity index (χ3n) is 4.17. The van der Waals surface area contributed by atoms with Crippen LogP contribution < -0.4 is 14.3 Å². The Kier molecular flexibility index (Phi) is 8.02. The standard InChI is InChI=1S/C23H21BrN2O5S/c1-2-14-30-20-11-8-17(9-12-20)23(27)31-22-13-10-19(24)15-18(22)16-25-26-32(28,29)21-6-4-3-5-7-21/h3-13,15-16,26H,2,14H2,1H3/b25-16-. The van der Waals surface area contributed by atoms with Crippen LogP contribution in [-0.2, 0) is 10.0 Å². The number of esters is 1. The molecule has 3 aromatic carbocycles. The summed E-state index contributed by atoms with van der Waals surface area (Å²) < 4.78 is 36.3. The molecule has 0 aromatic heterocycles. The molecule has 0 aliphatic heterocycles. The van der Waals surface area contributed by atoms with Gasteiger partial charge in [-0.25, -0.2) is 9.63 Å². The largest absolute Gasteiger partial charge is 0.494 e. The summed E-state index contributed by atoms with van der Waals surface area (Å²) in [6.07, 6.45) is 2.16. The summed E-state index contributed by atoms with van der Waals surface area (Å²) in [6, 6.07) is 19.5. The molecule has 3 aromatic rings. The molecule has 0 fully saturated rings. The lowest BCUT2D eigenvalue weighted by Gasteiger charge is -2.09. The Morgan fingerprint density at radius 2 is 1.78 bits per heavy atom. The lowest BCUT2D eigenvalue weighted by atomic mass is 10.2. The molecule has 3 rings (SSSR count). The van der Waals surface area contributed by atoms with Crippen molar-refractivity contribution in [3.05, 3.63) is 88.4 Å². The quantitative estimate of drug-likeness (QED) is 0.191. The first-order chi connectivity index (χ1) is 15.4. The van der Waals surface area contributed by atoms with Crippen molar-refractivity contribution in [1.82, 2.24) is 4.83 Å². The molecule has 0 spiro atoms. The number of hydrogen-bond acceptors (Lipinski definition) is 6. The van der Waals surface area contributed by atoms with Gasteiger partial charge in [0, 0.05) is 10.0 Å². The van der Waals surface area contributed by atoms with Crippen LogP contribution in [0, 0.1) is 0 Å². The highest BCUT2D eigenvalue weighted by Gasteiger charge is 2.14. The fourth-order valence-corrected chi connectivity index (χ4v) is 3.79. The van der Waals surface area contributed by atoms with Gasteiger partial charge >= 0.3 is 5.97 Å². The van der Waals surface area contributed by atoms with E-state index in [1.807, 2.05) is 6.92 Å². The predicted octanol–water partition coefficient (Wildman–Crippen LogP) is 4.77. The molecule has 0 aliphatic carbocycles. The van der Waals surface area contributed by atoms with Gasteiger partial charge < -0.3 is 9.47 Å². The maximum atomic E-state index is 12.6. The van der Waals surface area contributed by atoms with Crippen LogP contribution in [0.4, 0.5) is 0 Å². The van der Waals surface area contributed by atoms with Crippen LogP contribution in [0.3, 0.4) is 0 Å². The molecule has 0 amide bonds. The summed E-state index contributed by atoms with van der Waals surface area (Å²) in [6.45, 7) is 2.61. The van der Waals surface area contributed by atoms with Crippen molar-refractivity contribution in [2.45, 2.75) is 18.2 Å². The van der Waals surface area contributed by atoms with E-state index < -0.39 is 16.0 Å². The molecule has 0 atom stereocenters. The van der Waals surface area contributed by atoms with E-state index in [0.29, 0.717) is 28.0 Å². The zero-order chi connectivity index (χ0) is 23.0. The molecule has 7 nitrogen and oxygen atoms in total. The van der Waals surface area contributed by atoms with Crippen molar-refractivity contribution in [2.24, 2.45) is 5.10 Å². The van der Waals surface area contributed by atoms with Crippen LogP contribution in [0.25, 0.3) is 0 Å². The number of nitrogens with one attached hydrogen (secondary N) is 1. The molecule has 0 unspecified atom stereocenters. The van der Waals surface area contributed by atoms with E-state index >= 15 is 0 Å². The van der Waals surface area contributed by atoms with Crippen LogP contribution in [0.15, 0.2) is 87.3 Å². The third kappa shape index (κ3) is 6.41. The molecule has 166 valence electrons. The highest BCUT2D eigenvalue weighted by atomic mass is 79.9. The number of benzene rings is 3. The third-order valence-corrected chi connectivity index (χ3v) is 5.90. The first-order valence-corrected chi connectivity index (χ1v) is 12.0. The summed E-state index contributed by atoms with van der Waals surface area (Å²) in [5, 5.41) is 3.82. The average Bonchev–Trinajstić information content (AvgIpc) is 2.80. The predicted molar refractivity (Wildman–Crippen MR) is 126 cm³/mol. The van der Waals surface area contributed by atoms with Crippen LogP contribution >= 0.6 is 15.9 Å². The highest BCUT2D eigenvalue weighted by Crippen LogP contribution is 2.23. The first-order valence-electron chi connectivity index (χ1n) is 9.73. The molecular formula is C23H21BrN2O5S. The van der Waals surface area contributed by atoms with Crippen LogP contribution in [0.5, 0.6) is 11.5 Å². The van der Waals surface area contributed by atoms with Crippen molar-refractivity contribution in [1.29, 1.82) is 0 Å². The summed E-state index contributed by atoms with van der Waals surface area (Å²) in [5.41, 5.74) is 0.760. The zero-order valence-electron chi connectivity index (χ0n) is 17.2. The zero-order valence-corrected chi connectivity index (χ0v) is 19.6. The lowest BCUT2D eigenvalue weighted by Crippen LogP contribution is -2.18. The number of carbonyl (C=O) groups is 1. The number of halogens is 1. The Labute approximate surface area is 195 Å². The van der Waals surface area contributed by atoms with Gasteiger partial charge in [-0.2, -0.15) is 13.5 Å². The van der Waals surface area contributed by atoms with E-state index in [2.05, 4.69) is 25.9 Å². The van der Waals surface area contributed by atoms with Gasteiger partial charge in [0.2, 0.25) is 0 Å². The molecule has 32 heavy (non-hydrogen) atoms. The molecule has 0 bridgehead atoms. The Morgan fingerprint density at radius 1 is 1.06 bits per heavy atom. The summed E-state index contributed by atoms with van der Waals surface area (Å²) in [4.78, 5) is 14.8. The summed E-state index contributed by atoms with van der Waals surface area (Å²) in [5.74, 6) is 0.339. The number of ether oxygens (including phenoxy) is 2. The normalized spacial score (nSPS) is 11.3. The number of nitrogens with zero attached hydrogens (tertiary/aromatic N) is 1. The van der Waals surface area contributed by atoms with Gasteiger partial charge in [-0.1, -0.05) is 41.1 Å². The van der Waals surface area contributed by atoms with Gasteiger partial charge in [0.25, 0.3) is 10.0 Å².